The third-order valence-electron chi connectivity index (χ3n) is 12.9. The summed E-state index contributed by atoms with van der Waals surface area (Å²) in [5.41, 5.74) is 0. The molecule has 18 N–H and O–H groups in total. The summed E-state index contributed by atoms with van der Waals surface area (Å²) in [5.74, 6) is 0. The van der Waals surface area contributed by atoms with Crippen molar-refractivity contribution in [2.24, 2.45) is 0 Å². The minimum absolute atomic E-state index is 0. The number of ether oxygens (including phenoxy) is 12. The molecule has 12 bridgehead atoms. The second-order valence-corrected chi connectivity index (χ2v) is 17.7. The molecule has 69 heavy (non-hydrogen) atoms. The lowest BCUT2D eigenvalue weighted by atomic mass is 9.94. The van der Waals surface area contributed by atoms with Crippen molar-refractivity contribution in [2.75, 3.05) is 39.6 Å². The summed E-state index contributed by atoms with van der Waals surface area (Å²) in [6.45, 7) is -5.70. The van der Waals surface area contributed by atoms with Crippen LogP contribution in [-0.4, -0.2) is 328 Å². The summed E-state index contributed by atoms with van der Waals surface area (Å²) in [7, 11) is 0. The van der Waals surface area contributed by atoms with Crippen LogP contribution >= 0.6 is 16.3 Å². The Hall–Kier alpha value is -0.228. The predicted octanol–water partition coefficient (Wildman–Crippen LogP) is -12.4. The van der Waals surface area contributed by atoms with Crippen molar-refractivity contribution < 1.29 is 152 Å². The Labute approximate surface area is 407 Å². The second kappa shape index (κ2) is 25.1. The van der Waals surface area contributed by atoms with E-state index in [4.69, 9.17) is 64.5 Å². The summed E-state index contributed by atoms with van der Waals surface area (Å²) in [5, 5.41) is 175. The highest BCUT2D eigenvalue weighted by Gasteiger charge is 2.59. The van der Waals surface area contributed by atoms with Crippen molar-refractivity contribution in [2.45, 2.75) is 184 Å². The van der Waals surface area contributed by atoms with Gasteiger partial charge >= 0.3 is 16.6 Å². The first-order valence-corrected chi connectivity index (χ1v) is 22.6. The Morgan fingerprint density at radius 1 is 0.304 bits per heavy atom. The van der Waals surface area contributed by atoms with E-state index in [2.05, 4.69) is 16.3 Å². The van der Waals surface area contributed by atoms with E-state index in [0.29, 0.717) is 0 Å². The SMILES string of the molecule is O.OC[C@H]1O[C@@H]2O[C@@H]3[C@H](OBr)[C@@H](O)[C@@H](O[C@H]4[C@H](O)[C@@H](O)[C@@H](O[C@H]5[C@H](O)[C@@H](O)[C@@H](O[C@H]6[C@H](O)[C@@H](O)[C@@H](O[C@H]7[C@H](O)[C@@H](O)[C@@H](O[C@@H]1[C@H]([O][Al])[C@H]2O)O[C@@H]7CO)O[C@@H]6CO)O[C@@H]5CO)O[C@@H]4CO)O[C@@H]3CO. The zero-order valence-electron chi connectivity index (χ0n) is 35.9. The van der Waals surface area contributed by atoms with Gasteiger partial charge in [-0.3, -0.25) is 3.83 Å². The quantitative estimate of drug-likeness (QED) is 0.100. The van der Waals surface area contributed by atoms with E-state index < -0.39 is 224 Å². The van der Waals surface area contributed by atoms with Gasteiger partial charge in [-0.25, -0.2) is 0 Å². The van der Waals surface area contributed by atoms with Crippen LogP contribution in [0.2, 0.25) is 0 Å². The van der Waals surface area contributed by atoms with Crippen LogP contribution in [-0.2, 0) is 64.5 Å². The maximum absolute atomic E-state index is 11.5. The van der Waals surface area contributed by atoms with Gasteiger partial charge in [0, 0.05) is 0 Å². The van der Waals surface area contributed by atoms with Crippen LogP contribution in [0.25, 0.3) is 0 Å². The Morgan fingerprint density at radius 3 is 0.739 bits per heavy atom. The number of aliphatic hydroxyl groups is 16. The lowest BCUT2D eigenvalue weighted by Crippen LogP contribution is -2.69. The minimum Gasteiger partial charge on any atom is -0.510 e. The van der Waals surface area contributed by atoms with Crippen molar-refractivity contribution in [3.8, 4) is 0 Å². The molecule has 22 rings (SSSR count). The van der Waals surface area contributed by atoms with Crippen molar-refractivity contribution in [3.05, 3.63) is 0 Å². The van der Waals surface area contributed by atoms with Gasteiger partial charge in [-0.15, -0.1) is 0 Å². The molecule has 33 heteroatoms. The lowest BCUT2D eigenvalue weighted by molar-refractivity contribution is -0.402. The summed E-state index contributed by atoms with van der Waals surface area (Å²) >= 11 is 4.66. The first-order valence-electron chi connectivity index (χ1n) is 21.4. The Balaban J connectivity index is 0.00000782. The van der Waals surface area contributed by atoms with E-state index in [1.54, 1.807) is 0 Å². The average molecular weight is 1100 g/mol. The maximum atomic E-state index is 11.5. The zero-order valence-corrected chi connectivity index (χ0v) is 38.6. The van der Waals surface area contributed by atoms with Crippen LogP contribution < -0.4 is 0 Å². The van der Waals surface area contributed by atoms with Gasteiger partial charge in [0.15, 0.2) is 37.7 Å². The fraction of sp³-hybridized carbons (Fsp3) is 1.00. The van der Waals surface area contributed by atoms with Crippen LogP contribution in [0.4, 0.5) is 0 Å². The van der Waals surface area contributed by atoms with E-state index in [0.717, 1.165) is 0 Å². The van der Waals surface area contributed by atoms with Gasteiger partial charge in [0.1, 0.15) is 140 Å². The Bertz CT molecular complexity index is 1560. The molecule has 0 aromatic rings. The molecular weight excluding hydrogens is 1040 g/mol. The number of aliphatic hydroxyl groups excluding tert-OH is 16. The van der Waals surface area contributed by atoms with Crippen LogP contribution in [0.15, 0.2) is 0 Å². The van der Waals surface area contributed by atoms with Crippen LogP contribution in [0.1, 0.15) is 0 Å². The molecule has 0 aromatic carbocycles. The van der Waals surface area contributed by atoms with Crippen molar-refractivity contribution >= 4 is 32.9 Å². The molecule has 22 aliphatic rings. The fourth-order valence-electron chi connectivity index (χ4n) is 9.15. The fourth-order valence-corrected chi connectivity index (χ4v) is 9.90. The first-order chi connectivity index (χ1) is 32.5. The molecule has 0 spiro atoms. The van der Waals surface area contributed by atoms with Crippen molar-refractivity contribution in [3.63, 3.8) is 0 Å². The van der Waals surface area contributed by atoms with Crippen LogP contribution in [0, 0.1) is 0 Å². The highest BCUT2D eigenvalue weighted by Crippen LogP contribution is 2.39. The van der Waals surface area contributed by atoms with Gasteiger partial charge in [0.2, 0.25) is 0 Å². The first kappa shape index (κ1) is 58.0. The third-order valence-corrected chi connectivity index (χ3v) is 13.6. The predicted molar refractivity (Wildman–Crippen MR) is 212 cm³/mol. The van der Waals surface area contributed by atoms with Gasteiger partial charge in [-0.1, -0.05) is 0 Å². The molecule has 31 nitrogen and oxygen atoms in total. The Kier molecular flexibility index (Phi) is 21.1. The van der Waals surface area contributed by atoms with Crippen LogP contribution in [0.5, 0.6) is 0 Å². The Morgan fingerprint density at radius 2 is 0.507 bits per heavy atom. The highest BCUT2D eigenvalue weighted by atomic mass is 79.9. The van der Waals surface area contributed by atoms with E-state index in [9.17, 15) is 81.7 Å². The van der Waals surface area contributed by atoms with Crippen LogP contribution in [0.3, 0.4) is 0 Å². The van der Waals surface area contributed by atoms with Crippen molar-refractivity contribution in [1.82, 2.24) is 0 Å². The van der Waals surface area contributed by atoms with Gasteiger partial charge in [-0.2, -0.15) is 0 Å². The molecule has 22 saturated heterocycles. The summed E-state index contributed by atoms with van der Waals surface area (Å²) < 4.78 is 80.1. The molecule has 400 valence electrons. The molecule has 0 unspecified atom stereocenters. The molecule has 0 aromatic heterocycles. The molecule has 22 heterocycles. The summed E-state index contributed by atoms with van der Waals surface area (Å²) in [6.07, 6.45) is -55.3. The van der Waals surface area contributed by atoms with E-state index in [1.165, 1.54) is 0 Å². The lowest BCUT2D eigenvalue weighted by Gasteiger charge is -2.51. The smallest absolute Gasteiger partial charge is 0.369 e. The summed E-state index contributed by atoms with van der Waals surface area (Å²) in [4.78, 5) is 0. The second-order valence-electron chi connectivity index (χ2n) is 17.0. The molecular formula is C36H60AlBrO31. The maximum Gasteiger partial charge on any atom is 0.369 e. The average Bonchev–Trinajstić information content (AvgIpc) is 3.33. The van der Waals surface area contributed by atoms with Gasteiger partial charge < -0.3 is 148 Å². The zero-order chi connectivity index (χ0) is 49.5. The van der Waals surface area contributed by atoms with Gasteiger partial charge in [0.05, 0.1) is 62.0 Å². The highest BCUT2D eigenvalue weighted by molar-refractivity contribution is 9.06. The van der Waals surface area contributed by atoms with Gasteiger partial charge in [0.25, 0.3) is 0 Å². The molecule has 0 amide bonds. The third kappa shape index (κ3) is 11.5. The largest absolute Gasteiger partial charge is 0.510 e. The molecule has 0 saturated carbocycles. The standard InChI is InChI=1S/C36H58BrO30.Al.H2O/c37-67-30-23(54)36-60-12(6-43)29(30)66-35-22(53)17(48)27(10(4-41)59-35)64-33-20(51)15(46)25(8(2-39)57-33)62-31-18(49)13(44)24(7(1-38)55-31)61-32-19(50)14(45)26(9(3-40)56-32)63-34-21(52)16(47)28(65-36)11(5-42)58-34;;/h7-36,38-47,49-54H,1-6H2;;1H2/q-1;+1;/t7-,8-,9-,10-,11-,12-,13-,14-,15-,16-,17-,18-,19-,20-,21-,22-,23-,24-,25-,26-,27+,28-,29+,30-,31-,32-,33-,34-,35-,36-;;/m1../s1. The normalized spacial score (nSPS) is 53.3. The van der Waals surface area contributed by atoms with Crippen molar-refractivity contribution in [1.29, 1.82) is 0 Å². The number of halogens is 1. The number of hydrogen-bond donors (Lipinski definition) is 16. The number of rotatable bonds is 8. The van der Waals surface area contributed by atoms with E-state index >= 15 is 0 Å². The molecule has 22 fully saturated rings. The topological polar surface area (TPSA) is 484 Å². The minimum atomic E-state index is -2.13. The van der Waals surface area contributed by atoms with E-state index in [-0.39, 0.29) is 5.48 Å². The van der Waals surface area contributed by atoms with E-state index in [1.807, 2.05) is 16.6 Å². The number of hydrogen-bond acceptors (Lipinski definition) is 30. The van der Waals surface area contributed by atoms with Gasteiger partial charge in [-0.05, 0) is 0 Å². The molecule has 0 aliphatic carbocycles. The molecule has 30 atom stereocenters. The molecule has 22 aliphatic heterocycles. The monoisotopic (exact) mass is 1090 g/mol. The summed E-state index contributed by atoms with van der Waals surface area (Å²) in [6, 6.07) is 0. The molecule has 2 radical (unpaired) electrons.